The predicted octanol–water partition coefficient (Wildman–Crippen LogP) is 6.35. The number of amides is 1. The van der Waals surface area contributed by atoms with Crippen LogP contribution in [-0.2, 0) is 5.75 Å². The van der Waals surface area contributed by atoms with Crippen LogP contribution in [0.25, 0.3) is 0 Å². The third-order valence-electron chi connectivity index (χ3n) is 4.45. The van der Waals surface area contributed by atoms with Gasteiger partial charge in [0.2, 0.25) is 5.13 Å². The second-order valence-electron chi connectivity index (χ2n) is 7.04. The monoisotopic (exact) mass is 441 g/mol. The Morgan fingerprint density at radius 2 is 1.93 bits per heavy atom. The van der Waals surface area contributed by atoms with Crippen molar-refractivity contribution < 1.29 is 9.53 Å². The first-order chi connectivity index (χ1) is 14.6. The van der Waals surface area contributed by atoms with E-state index in [1.807, 2.05) is 12.1 Å². The van der Waals surface area contributed by atoms with Gasteiger partial charge in [-0.25, -0.2) is 0 Å². The third-order valence-corrected chi connectivity index (χ3v) is 6.50. The lowest BCUT2D eigenvalue weighted by Gasteiger charge is -2.07. The largest absolute Gasteiger partial charge is 0.494 e. The summed E-state index contributed by atoms with van der Waals surface area (Å²) in [5.74, 6) is 1.41. The third kappa shape index (κ3) is 7.15. The van der Waals surface area contributed by atoms with Gasteiger partial charge >= 0.3 is 0 Å². The fraction of sp³-hybridized carbons (Fsp3) is 0.348. The van der Waals surface area contributed by atoms with Crippen molar-refractivity contribution in [2.45, 2.75) is 49.6 Å². The number of aryl methyl sites for hydroxylation is 1. The van der Waals surface area contributed by atoms with E-state index in [-0.39, 0.29) is 5.91 Å². The normalized spacial score (nSPS) is 10.7. The number of aromatic nitrogens is 2. The summed E-state index contributed by atoms with van der Waals surface area (Å²) in [6.07, 6.45) is 4.69. The zero-order chi connectivity index (χ0) is 21.2. The molecule has 1 heterocycles. The molecule has 3 rings (SSSR count). The van der Waals surface area contributed by atoms with Crippen LogP contribution in [0.15, 0.2) is 52.9 Å². The second-order valence-corrected chi connectivity index (χ2v) is 9.24. The van der Waals surface area contributed by atoms with Crippen LogP contribution in [0.1, 0.15) is 54.1 Å². The van der Waals surface area contributed by atoms with Gasteiger partial charge in [-0.15, -0.1) is 10.2 Å². The molecule has 3 aromatic rings. The fourth-order valence-electron chi connectivity index (χ4n) is 2.86. The first-order valence-corrected chi connectivity index (χ1v) is 12.0. The molecule has 0 bridgehead atoms. The van der Waals surface area contributed by atoms with Gasteiger partial charge in [0.15, 0.2) is 4.34 Å². The number of ether oxygens (including phenoxy) is 1. The molecule has 0 saturated heterocycles. The van der Waals surface area contributed by atoms with Crippen molar-refractivity contribution in [1.29, 1.82) is 0 Å². The Morgan fingerprint density at radius 3 is 2.70 bits per heavy atom. The molecule has 0 radical (unpaired) electrons. The summed E-state index contributed by atoms with van der Waals surface area (Å²) < 4.78 is 6.56. The number of rotatable bonds is 11. The first kappa shape index (κ1) is 22.3. The topological polar surface area (TPSA) is 64.1 Å². The molecule has 0 aliphatic carbocycles. The number of anilines is 1. The lowest BCUT2D eigenvalue weighted by Crippen LogP contribution is -2.11. The van der Waals surface area contributed by atoms with E-state index in [1.165, 1.54) is 41.7 Å². The van der Waals surface area contributed by atoms with Crippen molar-refractivity contribution in [3.05, 3.63) is 65.2 Å². The Morgan fingerprint density at radius 1 is 1.10 bits per heavy atom. The number of nitrogens with zero attached hydrogens (tertiary/aromatic N) is 2. The number of benzene rings is 2. The minimum atomic E-state index is -0.198. The Bertz CT molecular complexity index is 942. The standard InChI is InChI=1S/C23H27N3O2S2/c1-3-4-5-6-14-28-20-12-10-19(11-13-20)21(27)24-22-25-26-23(30-22)29-16-18-9-7-8-17(2)15-18/h7-13,15H,3-6,14,16H2,1-2H3,(H,24,25,27). The summed E-state index contributed by atoms with van der Waals surface area (Å²) in [4.78, 5) is 12.5. The Labute approximate surface area is 186 Å². The van der Waals surface area contributed by atoms with E-state index in [1.54, 1.807) is 23.9 Å². The van der Waals surface area contributed by atoms with E-state index in [9.17, 15) is 4.79 Å². The maximum Gasteiger partial charge on any atom is 0.257 e. The zero-order valence-electron chi connectivity index (χ0n) is 17.4. The first-order valence-electron chi connectivity index (χ1n) is 10.2. The van der Waals surface area contributed by atoms with Gasteiger partial charge < -0.3 is 4.74 Å². The van der Waals surface area contributed by atoms with Crippen LogP contribution in [0.3, 0.4) is 0 Å². The van der Waals surface area contributed by atoms with Gasteiger partial charge in [0, 0.05) is 11.3 Å². The maximum atomic E-state index is 12.5. The molecule has 1 aromatic heterocycles. The average molecular weight is 442 g/mol. The minimum Gasteiger partial charge on any atom is -0.494 e. The van der Waals surface area contributed by atoms with Crippen molar-refractivity contribution in [3.63, 3.8) is 0 Å². The number of carbonyl (C=O) groups is 1. The highest BCUT2D eigenvalue weighted by atomic mass is 32.2. The van der Waals surface area contributed by atoms with Gasteiger partial charge in [-0.05, 0) is 43.2 Å². The number of hydrogen-bond acceptors (Lipinski definition) is 6. The van der Waals surface area contributed by atoms with E-state index < -0.39 is 0 Å². The summed E-state index contributed by atoms with van der Waals surface area (Å²) in [6, 6.07) is 15.6. The minimum absolute atomic E-state index is 0.198. The maximum absolute atomic E-state index is 12.5. The van der Waals surface area contributed by atoms with E-state index in [0.29, 0.717) is 17.3 Å². The van der Waals surface area contributed by atoms with Crippen LogP contribution in [0, 0.1) is 6.92 Å². The second kappa shape index (κ2) is 11.7. The quantitative estimate of drug-likeness (QED) is 0.213. The Balaban J connectivity index is 1.46. The number of carbonyl (C=O) groups excluding carboxylic acids is 1. The highest BCUT2D eigenvalue weighted by molar-refractivity contribution is 8.00. The van der Waals surface area contributed by atoms with Crippen molar-refractivity contribution in [1.82, 2.24) is 10.2 Å². The van der Waals surface area contributed by atoms with Crippen LogP contribution in [0.5, 0.6) is 5.75 Å². The van der Waals surface area contributed by atoms with Crippen LogP contribution in [0.2, 0.25) is 0 Å². The van der Waals surface area contributed by atoms with E-state index in [4.69, 9.17) is 4.74 Å². The molecule has 0 unspecified atom stereocenters. The molecule has 0 aliphatic heterocycles. The van der Waals surface area contributed by atoms with Crippen LogP contribution in [-0.4, -0.2) is 22.7 Å². The molecule has 0 saturated carbocycles. The smallest absolute Gasteiger partial charge is 0.257 e. The Kier molecular flexibility index (Phi) is 8.71. The lowest BCUT2D eigenvalue weighted by atomic mass is 10.2. The fourth-order valence-corrected chi connectivity index (χ4v) is 4.55. The SMILES string of the molecule is CCCCCCOc1ccc(C(=O)Nc2nnc(SCc3cccc(C)c3)s2)cc1. The Hall–Kier alpha value is -2.38. The summed E-state index contributed by atoms with van der Waals surface area (Å²) in [5, 5.41) is 11.6. The lowest BCUT2D eigenvalue weighted by molar-refractivity contribution is 0.102. The van der Waals surface area contributed by atoms with Crippen LogP contribution in [0.4, 0.5) is 5.13 Å². The van der Waals surface area contributed by atoms with Crippen molar-refractivity contribution in [2.24, 2.45) is 0 Å². The number of nitrogens with one attached hydrogen (secondary N) is 1. The number of hydrogen-bond donors (Lipinski definition) is 1. The van der Waals surface area contributed by atoms with Crippen molar-refractivity contribution in [2.75, 3.05) is 11.9 Å². The molecular formula is C23H27N3O2S2. The molecule has 2 aromatic carbocycles. The molecule has 1 amide bonds. The van der Waals surface area contributed by atoms with Crippen LogP contribution >= 0.6 is 23.1 Å². The van der Waals surface area contributed by atoms with E-state index in [2.05, 4.69) is 53.6 Å². The van der Waals surface area contributed by atoms with Crippen molar-refractivity contribution >= 4 is 34.1 Å². The van der Waals surface area contributed by atoms with E-state index in [0.717, 1.165) is 22.3 Å². The summed E-state index contributed by atoms with van der Waals surface area (Å²) >= 11 is 3.00. The van der Waals surface area contributed by atoms with Gasteiger partial charge in [0.05, 0.1) is 6.61 Å². The number of unbranched alkanes of at least 4 members (excludes halogenated alkanes) is 3. The zero-order valence-corrected chi connectivity index (χ0v) is 19.0. The van der Waals surface area contributed by atoms with Gasteiger partial charge in [-0.3, -0.25) is 10.1 Å². The molecule has 158 valence electrons. The molecular weight excluding hydrogens is 414 g/mol. The summed E-state index contributed by atoms with van der Waals surface area (Å²) in [5.41, 5.74) is 3.05. The molecule has 0 aliphatic rings. The number of thioether (sulfide) groups is 1. The van der Waals surface area contributed by atoms with Crippen LogP contribution < -0.4 is 10.1 Å². The predicted molar refractivity (Wildman–Crippen MR) is 125 cm³/mol. The molecule has 5 nitrogen and oxygen atoms in total. The molecule has 0 atom stereocenters. The molecule has 1 N–H and O–H groups in total. The van der Waals surface area contributed by atoms with Gasteiger partial charge in [-0.2, -0.15) is 0 Å². The molecule has 7 heteroatoms. The van der Waals surface area contributed by atoms with Crippen molar-refractivity contribution in [3.8, 4) is 5.75 Å². The molecule has 30 heavy (non-hydrogen) atoms. The summed E-state index contributed by atoms with van der Waals surface area (Å²) in [7, 11) is 0. The average Bonchev–Trinajstić information content (AvgIpc) is 3.20. The molecule has 0 fully saturated rings. The van der Waals surface area contributed by atoms with Gasteiger partial charge in [-0.1, -0.05) is 79.1 Å². The highest BCUT2D eigenvalue weighted by Crippen LogP contribution is 2.28. The summed E-state index contributed by atoms with van der Waals surface area (Å²) in [6.45, 7) is 4.98. The highest BCUT2D eigenvalue weighted by Gasteiger charge is 2.11. The molecule has 0 spiro atoms. The van der Waals surface area contributed by atoms with Gasteiger partial charge in [0.25, 0.3) is 5.91 Å². The van der Waals surface area contributed by atoms with E-state index >= 15 is 0 Å². The van der Waals surface area contributed by atoms with Gasteiger partial charge in [0.1, 0.15) is 5.75 Å².